The van der Waals surface area contributed by atoms with Crippen molar-refractivity contribution in [3.05, 3.63) is 78.6 Å². The first-order valence-electron chi connectivity index (χ1n) is 8.84. The van der Waals surface area contributed by atoms with Gasteiger partial charge in [-0.1, -0.05) is 24.3 Å². The Labute approximate surface area is 174 Å². The molecule has 0 aliphatic rings. The van der Waals surface area contributed by atoms with E-state index in [4.69, 9.17) is 4.42 Å². The van der Waals surface area contributed by atoms with E-state index in [1.807, 2.05) is 0 Å². The summed E-state index contributed by atoms with van der Waals surface area (Å²) >= 11 is 0. The summed E-state index contributed by atoms with van der Waals surface area (Å²) in [5, 5.41) is 3.59. The van der Waals surface area contributed by atoms with Crippen molar-refractivity contribution >= 4 is 9.84 Å². The molecule has 160 valence electrons. The van der Waals surface area contributed by atoms with Gasteiger partial charge in [-0.3, -0.25) is 0 Å². The molecule has 0 aliphatic carbocycles. The van der Waals surface area contributed by atoms with Crippen LogP contribution in [0.3, 0.4) is 0 Å². The highest BCUT2D eigenvalue weighted by Gasteiger charge is 2.35. The Bertz CT molecular complexity index is 1340. The van der Waals surface area contributed by atoms with Gasteiger partial charge in [-0.05, 0) is 29.8 Å². The third-order valence-corrected chi connectivity index (χ3v) is 5.72. The van der Waals surface area contributed by atoms with Crippen molar-refractivity contribution < 1.29 is 30.4 Å². The fourth-order valence-corrected chi connectivity index (χ4v) is 3.83. The minimum absolute atomic E-state index is 0.0469. The molecule has 0 radical (unpaired) electrons. The van der Waals surface area contributed by atoms with Gasteiger partial charge >= 0.3 is 6.18 Å². The molecule has 5 nitrogen and oxygen atoms in total. The maximum absolute atomic E-state index is 14.4. The Hall–Kier alpha value is -3.40. The predicted octanol–water partition coefficient (Wildman–Crippen LogP) is 5.36. The first-order chi connectivity index (χ1) is 14.5. The number of halogens is 4. The summed E-state index contributed by atoms with van der Waals surface area (Å²) in [4.78, 5) is -0.550. The van der Waals surface area contributed by atoms with E-state index in [0.717, 1.165) is 40.3 Å². The zero-order valence-electron chi connectivity index (χ0n) is 15.9. The van der Waals surface area contributed by atoms with Crippen molar-refractivity contribution in [3.63, 3.8) is 0 Å². The third-order valence-electron chi connectivity index (χ3n) is 4.59. The van der Waals surface area contributed by atoms with Crippen molar-refractivity contribution in [2.75, 3.05) is 6.26 Å². The van der Waals surface area contributed by atoms with Gasteiger partial charge in [0.2, 0.25) is 0 Å². The zero-order chi connectivity index (χ0) is 22.4. The fourth-order valence-electron chi connectivity index (χ4n) is 3.11. The van der Waals surface area contributed by atoms with E-state index < -0.39 is 32.4 Å². The summed E-state index contributed by atoms with van der Waals surface area (Å²) in [6, 6.07) is 12.3. The average Bonchev–Trinajstić information content (AvgIpc) is 3.37. The van der Waals surface area contributed by atoms with Crippen LogP contribution in [0, 0.1) is 5.82 Å². The van der Waals surface area contributed by atoms with E-state index in [-0.39, 0.29) is 11.4 Å². The van der Waals surface area contributed by atoms with Crippen LogP contribution in [0.4, 0.5) is 17.6 Å². The Balaban J connectivity index is 1.84. The molecule has 0 aliphatic heterocycles. The number of rotatable bonds is 4. The summed E-state index contributed by atoms with van der Waals surface area (Å²) in [7, 11) is -3.83. The monoisotopic (exact) mass is 450 g/mol. The first-order valence-corrected chi connectivity index (χ1v) is 10.7. The molecule has 2 aromatic heterocycles. The van der Waals surface area contributed by atoms with E-state index >= 15 is 0 Å². The van der Waals surface area contributed by atoms with Crippen LogP contribution in [0.15, 0.2) is 76.4 Å². The molecule has 0 bridgehead atoms. The number of hydrogen-bond acceptors (Lipinski definition) is 4. The molecule has 4 aromatic rings. The van der Waals surface area contributed by atoms with E-state index in [1.165, 1.54) is 18.6 Å². The molecule has 0 spiro atoms. The minimum atomic E-state index is -4.72. The van der Waals surface area contributed by atoms with Gasteiger partial charge in [-0.15, -0.1) is 0 Å². The van der Waals surface area contributed by atoms with Crippen LogP contribution in [0.2, 0.25) is 0 Å². The SMILES string of the molecule is CS(=O)(=O)c1ccc(-n2nc(C(F)(F)F)cc2-c2ccc(-c3ccoc3)cc2)cc1F. The molecular weight excluding hydrogens is 436 g/mol. The molecule has 0 N–H and O–H groups in total. The van der Waals surface area contributed by atoms with E-state index in [9.17, 15) is 26.0 Å². The van der Waals surface area contributed by atoms with E-state index in [0.29, 0.717) is 5.56 Å². The molecule has 2 heterocycles. The molecule has 10 heteroatoms. The Morgan fingerprint density at radius 1 is 0.935 bits per heavy atom. The van der Waals surface area contributed by atoms with Gasteiger partial charge in [0.25, 0.3) is 0 Å². The number of sulfone groups is 1. The standard InChI is InChI=1S/C21H14F4N2O3S/c1-31(28,29)19-7-6-16(10-17(19)22)27-18(11-20(26-27)21(23,24)25)14-4-2-13(3-5-14)15-8-9-30-12-15/h2-12H,1H3. The summed E-state index contributed by atoms with van der Waals surface area (Å²) in [6.07, 6.45) is -0.842. The van der Waals surface area contributed by atoms with Crippen LogP contribution in [0.5, 0.6) is 0 Å². The lowest BCUT2D eigenvalue weighted by molar-refractivity contribution is -0.141. The summed E-state index contributed by atoms with van der Waals surface area (Å²) in [5.41, 5.74) is 0.862. The molecule has 0 atom stereocenters. The summed E-state index contributed by atoms with van der Waals surface area (Å²) in [6.45, 7) is 0. The molecule has 0 unspecified atom stereocenters. The Morgan fingerprint density at radius 3 is 2.16 bits per heavy atom. The Kier molecular flexibility index (Phi) is 4.97. The van der Waals surface area contributed by atoms with Crippen LogP contribution in [0.1, 0.15) is 5.69 Å². The maximum Gasteiger partial charge on any atom is 0.435 e. The fraction of sp³-hybridized carbons (Fsp3) is 0.0952. The van der Waals surface area contributed by atoms with Gasteiger partial charge in [-0.2, -0.15) is 18.3 Å². The smallest absolute Gasteiger partial charge is 0.435 e. The molecular formula is C21H14F4N2O3S. The highest BCUT2D eigenvalue weighted by atomic mass is 32.2. The lowest BCUT2D eigenvalue weighted by atomic mass is 10.0. The second kappa shape index (κ2) is 7.38. The molecule has 2 aromatic carbocycles. The topological polar surface area (TPSA) is 65.1 Å². The number of nitrogens with zero attached hydrogens (tertiary/aromatic N) is 2. The van der Waals surface area contributed by atoms with E-state index in [2.05, 4.69) is 5.10 Å². The van der Waals surface area contributed by atoms with Crippen LogP contribution in [-0.2, 0) is 16.0 Å². The second-order valence-electron chi connectivity index (χ2n) is 6.80. The van der Waals surface area contributed by atoms with Gasteiger partial charge in [0.15, 0.2) is 15.5 Å². The van der Waals surface area contributed by atoms with Crippen molar-refractivity contribution in [2.45, 2.75) is 11.1 Å². The van der Waals surface area contributed by atoms with Gasteiger partial charge in [0.1, 0.15) is 10.7 Å². The van der Waals surface area contributed by atoms with Crippen LogP contribution >= 0.6 is 0 Å². The lowest BCUT2D eigenvalue weighted by Gasteiger charge is -2.10. The molecule has 31 heavy (non-hydrogen) atoms. The third kappa shape index (κ3) is 4.11. The van der Waals surface area contributed by atoms with Crippen molar-refractivity contribution in [1.29, 1.82) is 0 Å². The normalized spacial score (nSPS) is 12.3. The van der Waals surface area contributed by atoms with E-state index in [1.54, 1.807) is 30.3 Å². The van der Waals surface area contributed by atoms with Crippen LogP contribution < -0.4 is 0 Å². The molecule has 0 fully saturated rings. The lowest BCUT2D eigenvalue weighted by Crippen LogP contribution is -2.08. The highest BCUT2D eigenvalue weighted by molar-refractivity contribution is 7.90. The average molecular weight is 450 g/mol. The predicted molar refractivity (Wildman–Crippen MR) is 105 cm³/mol. The summed E-state index contributed by atoms with van der Waals surface area (Å²) < 4.78 is 83.6. The Morgan fingerprint density at radius 2 is 1.61 bits per heavy atom. The zero-order valence-corrected chi connectivity index (χ0v) is 16.7. The number of hydrogen-bond donors (Lipinski definition) is 0. The highest BCUT2D eigenvalue weighted by Crippen LogP contribution is 2.34. The number of furan rings is 1. The van der Waals surface area contributed by atoms with Gasteiger partial charge in [0.05, 0.1) is 23.9 Å². The first kappa shape index (κ1) is 20.9. The van der Waals surface area contributed by atoms with Crippen LogP contribution in [0.25, 0.3) is 28.1 Å². The molecule has 0 saturated carbocycles. The number of aromatic nitrogens is 2. The van der Waals surface area contributed by atoms with Crippen molar-refractivity contribution in [2.24, 2.45) is 0 Å². The van der Waals surface area contributed by atoms with Gasteiger partial charge < -0.3 is 4.42 Å². The number of alkyl halides is 3. The molecule has 0 amide bonds. The number of benzene rings is 2. The van der Waals surface area contributed by atoms with Crippen molar-refractivity contribution in [3.8, 4) is 28.1 Å². The maximum atomic E-state index is 14.4. The largest absolute Gasteiger partial charge is 0.472 e. The molecule has 4 rings (SSSR count). The van der Waals surface area contributed by atoms with Gasteiger partial charge in [-0.25, -0.2) is 17.5 Å². The summed E-state index contributed by atoms with van der Waals surface area (Å²) in [5.74, 6) is -1.08. The van der Waals surface area contributed by atoms with Crippen LogP contribution in [-0.4, -0.2) is 24.5 Å². The van der Waals surface area contributed by atoms with Gasteiger partial charge in [0, 0.05) is 23.4 Å². The second-order valence-corrected chi connectivity index (χ2v) is 8.78. The van der Waals surface area contributed by atoms with Crippen molar-refractivity contribution in [1.82, 2.24) is 9.78 Å². The molecule has 0 saturated heterocycles. The minimum Gasteiger partial charge on any atom is -0.472 e. The quantitative estimate of drug-likeness (QED) is 0.393.